The van der Waals surface area contributed by atoms with Crippen molar-refractivity contribution in [3.63, 3.8) is 0 Å². The molecule has 0 radical (unpaired) electrons. The Morgan fingerprint density at radius 1 is 1.20 bits per heavy atom. The summed E-state index contributed by atoms with van der Waals surface area (Å²) < 4.78 is 1.42. The molecule has 0 atom stereocenters. The normalized spacial score (nSPS) is 14.6. The summed E-state index contributed by atoms with van der Waals surface area (Å²) >= 11 is 0. The van der Waals surface area contributed by atoms with Gasteiger partial charge in [0, 0.05) is 51.4 Å². The number of nitrogens with zero attached hydrogens (tertiary/aromatic N) is 5. The Morgan fingerprint density at radius 3 is 2.70 bits per heavy atom. The highest BCUT2D eigenvalue weighted by molar-refractivity contribution is 5.75. The average molecular weight is 415 g/mol. The summed E-state index contributed by atoms with van der Waals surface area (Å²) in [5, 5.41) is 17.4. The molecule has 162 valence electrons. The second-order valence-corrected chi connectivity index (χ2v) is 7.69. The van der Waals surface area contributed by atoms with Crippen LogP contribution in [0.3, 0.4) is 0 Å². The molecule has 1 saturated heterocycles. The lowest BCUT2D eigenvalue weighted by atomic mass is 10.2. The van der Waals surface area contributed by atoms with Crippen molar-refractivity contribution in [3.8, 4) is 0 Å². The zero-order valence-electron chi connectivity index (χ0n) is 17.5. The number of rotatable bonds is 10. The molecule has 1 aliphatic heterocycles. The third kappa shape index (κ3) is 6.55. The second-order valence-electron chi connectivity index (χ2n) is 7.69. The average Bonchev–Trinajstić information content (AvgIpc) is 3.22. The predicted octanol–water partition coefficient (Wildman–Crippen LogP) is 2.21. The zero-order chi connectivity index (χ0) is 21.3. The molecule has 1 aliphatic rings. The van der Waals surface area contributed by atoms with Crippen molar-refractivity contribution in [3.05, 3.63) is 52.3 Å². The van der Waals surface area contributed by atoms with Gasteiger partial charge in [-0.05, 0) is 44.0 Å². The van der Waals surface area contributed by atoms with Gasteiger partial charge in [0.15, 0.2) is 0 Å². The minimum atomic E-state index is -0.494. The van der Waals surface area contributed by atoms with Gasteiger partial charge >= 0.3 is 5.69 Å². The first-order chi connectivity index (χ1) is 14.5. The van der Waals surface area contributed by atoms with E-state index in [-0.39, 0.29) is 18.0 Å². The molecule has 0 spiro atoms. The van der Waals surface area contributed by atoms with Crippen LogP contribution in [-0.2, 0) is 11.3 Å². The largest absolute Gasteiger partial charge is 0.369 e. The number of carbonyl (C=O) groups excluding carboxylic acids is 1. The van der Waals surface area contributed by atoms with Gasteiger partial charge in [-0.15, -0.1) is 0 Å². The monoisotopic (exact) mass is 414 g/mol. The number of aryl methyl sites for hydroxylation is 2. The maximum atomic E-state index is 11.9. The molecule has 0 bridgehead atoms. The van der Waals surface area contributed by atoms with Gasteiger partial charge in [-0.2, -0.15) is 5.10 Å². The molecular formula is C21H30N6O3. The number of piperazine rings is 1. The highest BCUT2D eigenvalue weighted by atomic mass is 16.6. The van der Waals surface area contributed by atoms with Crippen LogP contribution in [0.15, 0.2) is 36.7 Å². The van der Waals surface area contributed by atoms with Gasteiger partial charge in [-0.3, -0.25) is 24.5 Å². The molecule has 0 saturated carbocycles. The maximum absolute atomic E-state index is 11.9. The van der Waals surface area contributed by atoms with E-state index in [1.807, 2.05) is 0 Å². The zero-order valence-corrected chi connectivity index (χ0v) is 17.5. The Morgan fingerprint density at radius 2 is 2.00 bits per heavy atom. The second kappa shape index (κ2) is 10.7. The van der Waals surface area contributed by atoms with Gasteiger partial charge in [-0.1, -0.05) is 12.1 Å². The smallest absolute Gasteiger partial charge is 0.306 e. The molecule has 1 N–H and O–H groups in total. The molecule has 2 aromatic rings. The lowest BCUT2D eigenvalue weighted by Gasteiger charge is -2.36. The van der Waals surface area contributed by atoms with E-state index < -0.39 is 4.92 Å². The van der Waals surface area contributed by atoms with Gasteiger partial charge in [0.05, 0.1) is 4.92 Å². The van der Waals surface area contributed by atoms with E-state index in [4.69, 9.17) is 0 Å². The molecule has 0 unspecified atom stereocenters. The fraction of sp³-hybridized carbons (Fsp3) is 0.524. The van der Waals surface area contributed by atoms with Crippen LogP contribution in [0.5, 0.6) is 0 Å². The number of anilines is 1. The summed E-state index contributed by atoms with van der Waals surface area (Å²) in [4.78, 5) is 27.0. The summed E-state index contributed by atoms with van der Waals surface area (Å²) in [7, 11) is 0. The van der Waals surface area contributed by atoms with Crippen molar-refractivity contribution in [1.82, 2.24) is 20.0 Å². The highest BCUT2D eigenvalue weighted by Crippen LogP contribution is 2.17. The lowest BCUT2D eigenvalue weighted by Crippen LogP contribution is -2.46. The molecule has 1 amide bonds. The van der Waals surface area contributed by atoms with Gasteiger partial charge in [0.2, 0.25) is 5.91 Å². The van der Waals surface area contributed by atoms with Crippen molar-refractivity contribution < 1.29 is 9.72 Å². The molecule has 30 heavy (non-hydrogen) atoms. The summed E-state index contributed by atoms with van der Waals surface area (Å²) in [6.07, 6.45) is 4.79. The fourth-order valence-electron chi connectivity index (χ4n) is 3.62. The number of hydrogen-bond acceptors (Lipinski definition) is 6. The van der Waals surface area contributed by atoms with Crippen molar-refractivity contribution in [2.24, 2.45) is 0 Å². The van der Waals surface area contributed by atoms with Gasteiger partial charge in [0.1, 0.15) is 12.4 Å². The molecule has 0 aliphatic carbocycles. The number of unbranched alkanes of at least 4 members (excludes halogenated alkanes) is 1. The molecule has 3 rings (SSSR count). The number of hydrogen-bond donors (Lipinski definition) is 1. The van der Waals surface area contributed by atoms with E-state index >= 15 is 0 Å². The van der Waals surface area contributed by atoms with E-state index in [0.29, 0.717) is 13.1 Å². The molecule has 9 nitrogen and oxygen atoms in total. The van der Waals surface area contributed by atoms with E-state index in [2.05, 4.69) is 51.4 Å². The number of nitrogens with one attached hydrogen (secondary N) is 1. The Kier molecular flexibility index (Phi) is 7.78. The van der Waals surface area contributed by atoms with Crippen LogP contribution in [0.2, 0.25) is 0 Å². The maximum Gasteiger partial charge on any atom is 0.306 e. The number of amides is 1. The first kappa shape index (κ1) is 21.8. The van der Waals surface area contributed by atoms with Gasteiger partial charge in [0.25, 0.3) is 0 Å². The van der Waals surface area contributed by atoms with Crippen LogP contribution in [0, 0.1) is 17.0 Å². The fourth-order valence-corrected chi connectivity index (χ4v) is 3.62. The Bertz CT molecular complexity index is 845. The number of aromatic nitrogens is 2. The number of carbonyl (C=O) groups is 1. The summed E-state index contributed by atoms with van der Waals surface area (Å²) in [5.74, 6) is -0.0556. The van der Waals surface area contributed by atoms with Gasteiger partial charge < -0.3 is 10.2 Å². The van der Waals surface area contributed by atoms with Gasteiger partial charge in [-0.25, -0.2) is 0 Å². The minimum Gasteiger partial charge on any atom is -0.369 e. The quantitative estimate of drug-likeness (QED) is 0.364. The third-order valence-corrected chi connectivity index (χ3v) is 5.36. The predicted molar refractivity (Wildman–Crippen MR) is 116 cm³/mol. The van der Waals surface area contributed by atoms with Crippen molar-refractivity contribution in [1.29, 1.82) is 0 Å². The number of nitro groups is 1. The van der Waals surface area contributed by atoms with Crippen LogP contribution < -0.4 is 10.2 Å². The molecular weight excluding hydrogens is 384 g/mol. The molecule has 1 aromatic heterocycles. The summed E-state index contributed by atoms with van der Waals surface area (Å²) in [6.45, 7) is 8.40. The Labute approximate surface area is 176 Å². The molecule has 1 fully saturated rings. The lowest BCUT2D eigenvalue weighted by molar-refractivity contribution is -0.385. The topological polar surface area (TPSA) is 96.5 Å². The van der Waals surface area contributed by atoms with E-state index in [1.165, 1.54) is 28.3 Å². The first-order valence-corrected chi connectivity index (χ1v) is 10.5. The third-order valence-electron chi connectivity index (χ3n) is 5.36. The van der Waals surface area contributed by atoms with Crippen molar-refractivity contribution in [2.75, 3.05) is 44.2 Å². The SMILES string of the molecule is Cc1cccc(N2CCN(CCCCNC(=O)CCn3cc([N+](=O)[O-])cn3)CC2)c1. The van der Waals surface area contributed by atoms with Crippen LogP contribution in [0.4, 0.5) is 11.4 Å². The molecule has 2 heterocycles. The number of benzene rings is 1. The molecule has 1 aromatic carbocycles. The van der Waals surface area contributed by atoms with E-state index in [1.54, 1.807) is 0 Å². The summed E-state index contributed by atoms with van der Waals surface area (Å²) in [6, 6.07) is 8.66. The van der Waals surface area contributed by atoms with Crippen molar-refractivity contribution in [2.45, 2.75) is 32.7 Å². The van der Waals surface area contributed by atoms with Crippen molar-refractivity contribution >= 4 is 17.3 Å². The standard InChI is InChI=1S/C21H30N6O3/c1-18-5-4-6-19(15-18)25-13-11-24(12-14-25)9-3-2-8-22-21(28)7-10-26-17-20(16-23-26)27(29)30/h4-6,15-17H,2-3,7-14H2,1H3,(H,22,28). The van der Waals surface area contributed by atoms with E-state index in [9.17, 15) is 14.9 Å². The van der Waals surface area contributed by atoms with Crippen LogP contribution in [-0.4, -0.2) is 64.8 Å². The minimum absolute atomic E-state index is 0.0556. The Hall–Kier alpha value is -2.94. The van der Waals surface area contributed by atoms with Crippen LogP contribution in [0.1, 0.15) is 24.8 Å². The molecule has 9 heteroatoms. The van der Waals surface area contributed by atoms with Crippen LogP contribution >= 0.6 is 0 Å². The first-order valence-electron chi connectivity index (χ1n) is 10.5. The van der Waals surface area contributed by atoms with E-state index in [0.717, 1.165) is 45.6 Å². The summed E-state index contributed by atoms with van der Waals surface area (Å²) in [5.41, 5.74) is 2.54. The highest BCUT2D eigenvalue weighted by Gasteiger charge is 2.16. The Balaban J connectivity index is 1.24. The van der Waals surface area contributed by atoms with Crippen LogP contribution in [0.25, 0.3) is 0 Å².